The van der Waals surface area contributed by atoms with Gasteiger partial charge in [0.05, 0.1) is 19.6 Å². The highest BCUT2D eigenvalue weighted by molar-refractivity contribution is 5.79. The molecule has 2 fully saturated rings. The SMILES string of the molecule is COc1ccc(C2C(C(=O)O)C(c3ccc4c(c3)OCO4)CN2CC(=O)N2CC(C)CC(C)C2)cc1. The molecule has 0 saturated carbocycles. The third kappa shape index (κ3) is 4.74. The van der Waals surface area contributed by atoms with Gasteiger partial charge in [-0.2, -0.15) is 0 Å². The summed E-state index contributed by atoms with van der Waals surface area (Å²) in [4.78, 5) is 30.2. The first kappa shape index (κ1) is 24.4. The van der Waals surface area contributed by atoms with Crippen molar-refractivity contribution in [3.05, 3.63) is 53.6 Å². The second-order valence-corrected chi connectivity index (χ2v) is 10.5. The Bertz CT molecular complexity index is 1110. The molecule has 2 aromatic rings. The fourth-order valence-corrected chi connectivity index (χ4v) is 6.21. The number of aliphatic carboxylic acids is 1. The first-order valence-electron chi connectivity index (χ1n) is 12.6. The standard InChI is InChI=1S/C28H34N2O6/c1-17-10-18(2)13-29(12-17)25(31)15-30-14-22(20-6-9-23-24(11-20)36-16-35-23)26(28(32)33)27(30)19-4-7-21(34-3)8-5-19/h4-9,11,17-18,22,26-27H,10,12-16H2,1-3H3,(H,32,33). The predicted octanol–water partition coefficient (Wildman–Crippen LogP) is 3.77. The molecule has 8 heteroatoms. The van der Waals surface area contributed by atoms with Crippen LogP contribution in [0.3, 0.4) is 0 Å². The van der Waals surface area contributed by atoms with E-state index >= 15 is 0 Å². The summed E-state index contributed by atoms with van der Waals surface area (Å²) >= 11 is 0. The maximum atomic E-state index is 13.5. The molecule has 5 unspecified atom stereocenters. The lowest BCUT2D eigenvalue weighted by molar-refractivity contribution is -0.144. The zero-order chi connectivity index (χ0) is 25.4. The second-order valence-electron chi connectivity index (χ2n) is 10.5. The number of amides is 1. The van der Waals surface area contributed by atoms with Crippen molar-refractivity contribution in [2.75, 3.05) is 40.1 Å². The highest BCUT2D eigenvalue weighted by Crippen LogP contribution is 2.47. The van der Waals surface area contributed by atoms with E-state index in [0.717, 1.165) is 30.6 Å². The Kier molecular flexibility index (Phi) is 6.79. The third-order valence-electron chi connectivity index (χ3n) is 7.73. The van der Waals surface area contributed by atoms with E-state index < -0.39 is 17.9 Å². The van der Waals surface area contributed by atoms with E-state index in [4.69, 9.17) is 14.2 Å². The molecule has 2 saturated heterocycles. The molecule has 2 aromatic carbocycles. The molecule has 0 aliphatic carbocycles. The van der Waals surface area contributed by atoms with Crippen LogP contribution in [0.2, 0.25) is 0 Å². The molecule has 0 bridgehead atoms. The lowest BCUT2D eigenvalue weighted by atomic mass is 9.82. The van der Waals surface area contributed by atoms with Crippen LogP contribution in [0.1, 0.15) is 43.4 Å². The minimum Gasteiger partial charge on any atom is -0.497 e. The predicted molar refractivity (Wildman–Crippen MR) is 133 cm³/mol. The van der Waals surface area contributed by atoms with E-state index in [1.807, 2.05) is 52.3 Å². The quantitative estimate of drug-likeness (QED) is 0.654. The molecule has 0 radical (unpaired) electrons. The fourth-order valence-electron chi connectivity index (χ4n) is 6.21. The van der Waals surface area contributed by atoms with Gasteiger partial charge < -0.3 is 24.2 Å². The number of carbonyl (C=O) groups excluding carboxylic acids is 1. The number of ether oxygens (including phenoxy) is 3. The van der Waals surface area contributed by atoms with E-state index in [0.29, 0.717) is 35.6 Å². The van der Waals surface area contributed by atoms with Crippen molar-refractivity contribution in [3.63, 3.8) is 0 Å². The Morgan fingerprint density at radius 1 is 0.972 bits per heavy atom. The average Bonchev–Trinajstić information content (AvgIpc) is 3.47. The summed E-state index contributed by atoms with van der Waals surface area (Å²) in [5.41, 5.74) is 1.74. The normalized spacial score (nSPS) is 27.8. The van der Waals surface area contributed by atoms with Crippen LogP contribution in [0.15, 0.2) is 42.5 Å². The maximum absolute atomic E-state index is 13.5. The van der Waals surface area contributed by atoms with Crippen LogP contribution < -0.4 is 14.2 Å². The number of carboxylic acid groups (broad SMARTS) is 1. The number of nitrogens with zero attached hydrogens (tertiary/aromatic N) is 2. The zero-order valence-electron chi connectivity index (χ0n) is 21.1. The molecule has 192 valence electrons. The van der Waals surface area contributed by atoms with Crippen LogP contribution in [0, 0.1) is 17.8 Å². The van der Waals surface area contributed by atoms with Crippen LogP contribution >= 0.6 is 0 Å². The number of hydrogen-bond acceptors (Lipinski definition) is 6. The summed E-state index contributed by atoms with van der Waals surface area (Å²) in [6.07, 6.45) is 1.12. The molecule has 8 nitrogen and oxygen atoms in total. The Hall–Kier alpha value is -3.26. The van der Waals surface area contributed by atoms with Crippen molar-refractivity contribution in [1.82, 2.24) is 9.80 Å². The zero-order valence-corrected chi connectivity index (χ0v) is 21.1. The van der Waals surface area contributed by atoms with Gasteiger partial charge in [0.15, 0.2) is 11.5 Å². The molecule has 36 heavy (non-hydrogen) atoms. The van der Waals surface area contributed by atoms with Gasteiger partial charge in [0.25, 0.3) is 0 Å². The van der Waals surface area contributed by atoms with Crippen molar-refractivity contribution in [2.24, 2.45) is 17.8 Å². The number of likely N-dealkylation sites (tertiary alicyclic amines) is 2. The van der Waals surface area contributed by atoms with Crippen molar-refractivity contribution in [1.29, 1.82) is 0 Å². The molecule has 3 heterocycles. The minimum atomic E-state index is -0.881. The molecule has 0 spiro atoms. The van der Waals surface area contributed by atoms with Crippen LogP contribution in [0.5, 0.6) is 17.2 Å². The Morgan fingerprint density at radius 2 is 1.64 bits per heavy atom. The molecule has 3 aliphatic heterocycles. The molecule has 1 amide bonds. The van der Waals surface area contributed by atoms with Crippen molar-refractivity contribution >= 4 is 11.9 Å². The summed E-state index contributed by atoms with van der Waals surface area (Å²) in [5, 5.41) is 10.4. The van der Waals surface area contributed by atoms with Gasteiger partial charge in [0, 0.05) is 31.6 Å². The second kappa shape index (κ2) is 10.0. The number of carboxylic acids is 1. The first-order chi connectivity index (χ1) is 17.3. The van der Waals surface area contributed by atoms with E-state index in [1.54, 1.807) is 7.11 Å². The molecule has 0 aromatic heterocycles. The molecule has 1 N–H and O–H groups in total. The van der Waals surface area contributed by atoms with Gasteiger partial charge in [0.1, 0.15) is 5.75 Å². The highest BCUT2D eigenvalue weighted by Gasteiger charge is 2.48. The van der Waals surface area contributed by atoms with Crippen LogP contribution in [-0.4, -0.2) is 66.9 Å². The Labute approximate surface area is 211 Å². The van der Waals surface area contributed by atoms with Crippen LogP contribution in [-0.2, 0) is 9.59 Å². The van der Waals surface area contributed by atoms with Gasteiger partial charge in [0.2, 0.25) is 12.7 Å². The van der Waals surface area contributed by atoms with Gasteiger partial charge in [-0.3, -0.25) is 14.5 Å². The number of methoxy groups -OCH3 is 1. The van der Waals surface area contributed by atoms with Crippen molar-refractivity contribution < 1.29 is 28.9 Å². The van der Waals surface area contributed by atoms with Crippen molar-refractivity contribution in [3.8, 4) is 17.2 Å². The number of hydrogen-bond donors (Lipinski definition) is 1. The Balaban J connectivity index is 1.48. The summed E-state index contributed by atoms with van der Waals surface area (Å²) in [5.74, 6) is 1.05. The summed E-state index contributed by atoms with van der Waals surface area (Å²) in [6.45, 7) is 6.66. The molecule has 5 atom stereocenters. The highest BCUT2D eigenvalue weighted by atomic mass is 16.7. The summed E-state index contributed by atoms with van der Waals surface area (Å²) < 4.78 is 16.3. The van der Waals surface area contributed by atoms with Gasteiger partial charge in [-0.1, -0.05) is 32.0 Å². The summed E-state index contributed by atoms with van der Waals surface area (Å²) in [7, 11) is 1.60. The third-order valence-corrected chi connectivity index (χ3v) is 7.73. The number of carbonyl (C=O) groups is 2. The monoisotopic (exact) mass is 494 g/mol. The number of rotatable bonds is 6. The molecular weight excluding hydrogens is 460 g/mol. The number of fused-ring (bicyclic) bond motifs is 1. The topological polar surface area (TPSA) is 88.5 Å². The van der Waals surface area contributed by atoms with Crippen molar-refractivity contribution in [2.45, 2.75) is 32.2 Å². The first-order valence-corrected chi connectivity index (χ1v) is 12.6. The fraction of sp³-hybridized carbons (Fsp3) is 0.500. The molecular formula is C28H34N2O6. The maximum Gasteiger partial charge on any atom is 0.309 e. The van der Waals surface area contributed by atoms with Gasteiger partial charge >= 0.3 is 5.97 Å². The molecule has 3 aliphatic rings. The lowest BCUT2D eigenvalue weighted by Crippen LogP contribution is -2.47. The molecule has 5 rings (SSSR count). The van der Waals surface area contributed by atoms with Gasteiger partial charge in [-0.25, -0.2) is 0 Å². The van der Waals surface area contributed by atoms with Crippen LogP contribution in [0.4, 0.5) is 0 Å². The van der Waals surface area contributed by atoms with E-state index in [9.17, 15) is 14.7 Å². The van der Waals surface area contributed by atoms with Gasteiger partial charge in [-0.15, -0.1) is 0 Å². The smallest absolute Gasteiger partial charge is 0.309 e. The van der Waals surface area contributed by atoms with E-state index in [2.05, 4.69) is 13.8 Å². The van der Waals surface area contributed by atoms with E-state index in [1.165, 1.54) is 0 Å². The average molecular weight is 495 g/mol. The van der Waals surface area contributed by atoms with Crippen LogP contribution in [0.25, 0.3) is 0 Å². The number of piperidine rings is 1. The summed E-state index contributed by atoms with van der Waals surface area (Å²) in [6, 6.07) is 12.7. The minimum absolute atomic E-state index is 0.0578. The van der Waals surface area contributed by atoms with Gasteiger partial charge in [-0.05, 0) is 53.6 Å². The lowest BCUT2D eigenvalue weighted by Gasteiger charge is -2.36. The van der Waals surface area contributed by atoms with E-state index in [-0.39, 0.29) is 25.2 Å². The largest absolute Gasteiger partial charge is 0.497 e. The Morgan fingerprint density at radius 3 is 2.31 bits per heavy atom. The number of benzene rings is 2.